The van der Waals surface area contributed by atoms with Gasteiger partial charge in [-0.15, -0.1) is 0 Å². The lowest BCUT2D eigenvalue weighted by Crippen LogP contribution is -2.04. The number of aromatic amines is 1. The van der Waals surface area contributed by atoms with Gasteiger partial charge in [0.05, 0.1) is 17.9 Å². The SMILES string of the molecule is CCOC(=O)c1cc(Nc2ccccc2)[nH]c1-c1ccccc1. The van der Waals surface area contributed by atoms with Crippen LogP contribution in [0.4, 0.5) is 11.5 Å². The van der Waals surface area contributed by atoms with Crippen molar-refractivity contribution in [3.63, 3.8) is 0 Å². The van der Waals surface area contributed by atoms with Crippen LogP contribution in [0.2, 0.25) is 0 Å². The molecule has 4 nitrogen and oxygen atoms in total. The Morgan fingerprint density at radius 1 is 1.04 bits per heavy atom. The molecule has 4 heteroatoms. The Hall–Kier alpha value is -3.01. The second kappa shape index (κ2) is 6.83. The minimum Gasteiger partial charge on any atom is -0.462 e. The summed E-state index contributed by atoms with van der Waals surface area (Å²) in [6.45, 7) is 2.15. The van der Waals surface area contributed by atoms with Gasteiger partial charge in [0.15, 0.2) is 0 Å². The van der Waals surface area contributed by atoms with Gasteiger partial charge in [-0.25, -0.2) is 4.79 Å². The zero-order valence-electron chi connectivity index (χ0n) is 12.9. The highest BCUT2D eigenvalue weighted by atomic mass is 16.5. The molecule has 2 N–H and O–H groups in total. The standard InChI is InChI=1S/C19H18N2O2/c1-2-23-19(22)16-13-17(20-15-11-7-4-8-12-15)21-18(16)14-9-5-3-6-10-14/h3-13,20-21H,2H2,1H3. The van der Waals surface area contributed by atoms with Crippen molar-refractivity contribution in [2.45, 2.75) is 6.92 Å². The molecule has 0 aliphatic rings. The van der Waals surface area contributed by atoms with E-state index in [-0.39, 0.29) is 5.97 Å². The summed E-state index contributed by atoms with van der Waals surface area (Å²) in [6.07, 6.45) is 0. The van der Waals surface area contributed by atoms with Crippen LogP contribution in [0.3, 0.4) is 0 Å². The third-order valence-electron chi connectivity index (χ3n) is 3.43. The van der Waals surface area contributed by atoms with E-state index in [0.29, 0.717) is 12.2 Å². The summed E-state index contributed by atoms with van der Waals surface area (Å²) in [7, 11) is 0. The van der Waals surface area contributed by atoms with E-state index in [4.69, 9.17) is 4.74 Å². The fourth-order valence-corrected chi connectivity index (χ4v) is 2.40. The third kappa shape index (κ3) is 3.43. The van der Waals surface area contributed by atoms with Crippen LogP contribution in [-0.4, -0.2) is 17.6 Å². The van der Waals surface area contributed by atoms with Crippen LogP contribution in [0, 0.1) is 0 Å². The van der Waals surface area contributed by atoms with Gasteiger partial charge < -0.3 is 15.0 Å². The first kappa shape index (κ1) is 14.9. The molecule has 0 saturated carbocycles. The van der Waals surface area contributed by atoms with E-state index < -0.39 is 0 Å². The summed E-state index contributed by atoms with van der Waals surface area (Å²) in [5.41, 5.74) is 3.17. The summed E-state index contributed by atoms with van der Waals surface area (Å²) in [5, 5.41) is 3.27. The number of hydrogen-bond donors (Lipinski definition) is 2. The van der Waals surface area contributed by atoms with E-state index in [0.717, 1.165) is 22.8 Å². The van der Waals surface area contributed by atoms with Gasteiger partial charge in [0.25, 0.3) is 0 Å². The average Bonchev–Trinajstić information content (AvgIpc) is 3.01. The zero-order chi connectivity index (χ0) is 16.1. The molecule has 0 spiro atoms. The number of carbonyl (C=O) groups excluding carboxylic acids is 1. The van der Waals surface area contributed by atoms with Crippen molar-refractivity contribution in [2.24, 2.45) is 0 Å². The number of rotatable bonds is 5. The van der Waals surface area contributed by atoms with E-state index in [1.807, 2.05) is 60.7 Å². The molecule has 0 radical (unpaired) electrons. The first-order valence-corrected chi connectivity index (χ1v) is 7.55. The summed E-state index contributed by atoms with van der Waals surface area (Å²) in [6, 6.07) is 21.3. The summed E-state index contributed by atoms with van der Waals surface area (Å²) >= 11 is 0. The molecule has 23 heavy (non-hydrogen) atoms. The Balaban J connectivity index is 1.98. The van der Waals surface area contributed by atoms with Crippen molar-refractivity contribution < 1.29 is 9.53 Å². The molecule has 2 aromatic carbocycles. The highest BCUT2D eigenvalue weighted by Gasteiger charge is 2.18. The normalized spacial score (nSPS) is 10.3. The lowest BCUT2D eigenvalue weighted by Gasteiger charge is -2.04. The van der Waals surface area contributed by atoms with Crippen LogP contribution in [0.1, 0.15) is 17.3 Å². The molecule has 0 fully saturated rings. The van der Waals surface area contributed by atoms with Crippen molar-refractivity contribution in [2.75, 3.05) is 11.9 Å². The Morgan fingerprint density at radius 3 is 2.35 bits per heavy atom. The number of esters is 1. The lowest BCUT2D eigenvalue weighted by molar-refractivity contribution is 0.0527. The van der Waals surface area contributed by atoms with Crippen LogP contribution in [0.5, 0.6) is 0 Å². The Morgan fingerprint density at radius 2 is 1.70 bits per heavy atom. The smallest absolute Gasteiger partial charge is 0.340 e. The largest absolute Gasteiger partial charge is 0.462 e. The highest BCUT2D eigenvalue weighted by molar-refractivity contribution is 5.98. The van der Waals surface area contributed by atoms with Crippen LogP contribution in [0.15, 0.2) is 66.7 Å². The molecule has 0 unspecified atom stereocenters. The average molecular weight is 306 g/mol. The fourth-order valence-electron chi connectivity index (χ4n) is 2.40. The third-order valence-corrected chi connectivity index (χ3v) is 3.43. The number of hydrogen-bond acceptors (Lipinski definition) is 3. The summed E-state index contributed by atoms with van der Waals surface area (Å²) in [5.74, 6) is 0.418. The van der Waals surface area contributed by atoms with E-state index in [1.165, 1.54) is 0 Å². The van der Waals surface area contributed by atoms with Gasteiger partial charge >= 0.3 is 5.97 Å². The fraction of sp³-hybridized carbons (Fsp3) is 0.105. The highest BCUT2D eigenvalue weighted by Crippen LogP contribution is 2.28. The number of H-pyrrole nitrogens is 1. The van der Waals surface area contributed by atoms with Gasteiger partial charge in [0.2, 0.25) is 0 Å². The minimum absolute atomic E-state index is 0.330. The Kier molecular flexibility index (Phi) is 4.43. The van der Waals surface area contributed by atoms with Gasteiger partial charge in [0, 0.05) is 5.69 Å². The molecule has 3 rings (SSSR count). The molecule has 0 aliphatic heterocycles. The predicted molar refractivity (Wildman–Crippen MR) is 91.9 cm³/mol. The van der Waals surface area contributed by atoms with Gasteiger partial charge in [-0.1, -0.05) is 48.5 Å². The molecule has 0 atom stereocenters. The van der Waals surface area contributed by atoms with Crippen molar-refractivity contribution in [1.29, 1.82) is 0 Å². The first-order chi connectivity index (χ1) is 11.3. The number of nitrogens with one attached hydrogen (secondary N) is 2. The number of carbonyl (C=O) groups is 1. The van der Waals surface area contributed by atoms with Crippen molar-refractivity contribution >= 4 is 17.5 Å². The quantitative estimate of drug-likeness (QED) is 0.677. The van der Waals surface area contributed by atoms with Gasteiger partial charge in [-0.05, 0) is 30.7 Å². The molecule has 0 bridgehead atoms. The molecule has 1 aromatic heterocycles. The van der Waals surface area contributed by atoms with Crippen LogP contribution in [-0.2, 0) is 4.74 Å². The number of anilines is 2. The Bertz CT molecular complexity index is 780. The number of para-hydroxylation sites is 1. The summed E-state index contributed by atoms with van der Waals surface area (Å²) < 4.78 is 5.17. The molecule has 3 aromatic rings. The van der Waals surface area contributed by atoms with Crippen molar-refractivity contribution in [1.82, 2.24) is 4.98 Å². The minimum atomic E-state index is -0.330. The molecule has 0 aliphatic carbocycles. The second-order valence-corrected chi connectivity index (χ2v) is 5.05. The van der Waals surface area contributed by atoms with Crippen LogP contribution >= 0.6 is 0 Å². The lowest BCUT2D eigenvalue weighted by atomic mass is 10.1. The first-order valence-electron chi connectivity index (χ1n) is 7.55. The van der Waals surface area contributed by atoms with E-state index in [1.54, 1.807) is 13.0 Å². The van der Waals surface area contributed by atoms with Gasteiger partial charge in [-0.2, -0.15) is 0 Å². The van der Waals surface area contributed by atoms with E-state index >= 15 is 0 Å². The van der Waals surface area contributed by atoms with E-state index in [9.17, 15) is 4.79 Å². The maximum Gasteiger partial charge on any atom is 0.340 e. The van der Waals surface area contributed by atoms with Crippen LogP contribution < -0.4 is 5.32 Å². The predicted octanol–water partition coefficient (Wildman–Crippen LogP) is 4.60. The number of ether oxygens (including phenoxy) is 1. The molecular formula is C19H18N2O2. The van der Waals surface area contributed by atoms with E-state index in [2.05, 4.69) is 10.3 Å². The zero-order valence-corrected chi connectivity index (χ0v) is 12.9. The maximum absolute atomic E-state index is 12.2. The van der Waals surface area contributed by atoms with Crippen molar-refractivity contribution in [3.8, 4) is 11.3 Å². The molecule has 0 saturated heterocycles. The number of aromatic nitrogens is 1. The van der Waals surface area contributed by atoms with Gasteiger partial charge in [0.1, 0.15) is 5.82 Å². The summed E-state index contributed by atoms with van der Waals surface area (Å²) in [4.78, 5) is 15.5. The van der Waals surface area contributed by atoms with Crippen LogP contribution in [0.25, 0.3) is 11.3 Å². The molecule has 0 amide bonds. The topological polar surface area (TPSA) is 54.1 Å². The van der Waals surface area contributed by atoms with Gasteiger partial charge in [-0.3, -0.25) is 0 Å². The number of benzene rings is 2. The monoisotopic (exact) mass is 306 g/mol. The molecule has 1 heterocycles. The molecular weight excluding hydrogens is 288 g/mol. The maximum atomic E-state index is 12.2. The molecule has 116 valence electrons. The Labute approximate surface area is 135 Å². The van der Waals surface area contributed by atoms with Crippen molar-refractivity contribution in [3.05, 3.63) is 72.3 Å². The second-order valence-electron chi connectivity index (χ2n) is 5.05.